The van der Waals surface area contributed by atoms with Gasteiger partial charge in [0.2, 0.25) is 59.1 Å². The molecule has 0 saturated carbocycles. The number of aliphatic imine (C=N–C) groups is 2. The highest BCUT2D eigenvalue weighted by Crippen LogP contribution is 2.27. The van der Waals surface area contributed by atoms with Gasteiger partial charge in [-0.1, -0.05) is 73.6 Å². The Hall–Kier alpha value is -9.79. The smallest absolute Gasteiger partial charge is 0.326 e. The predicted octanol–water partition coefficient (Wildman–Crippen LogP) is -4.77. The van der Waals surface area contributed by atoms with Gasteiger partial charge in [-0.05, 0) is 114 Å². The third kappa shape index (κ3) is 30.7. The number of carbonyl (C=O) groups is 13. The second kappa shape index (κ2) is 45.5. The summed E-state index contributed by atoms with van der Waals surface area (Å²) in [6.45, 7) is 17.9. The van der Waals surface area contributed by atoms with E-state index in [0.717, 1.165) is 29.8 Å². The first kappa shape index (κ1) is 94.2. The van der Waals surface area contributed by atoms with Gasteiger partial charge in [-0.25, -0.2) is 4.79 Å². The maximum Gasteiger partial charge on any atom is 0.326 e. The number of ether oxygens (including phenoxy) is 1. The highest BCUT2D eigenvalue weighted by molar-refractivity contribution is 6.03. The van der Waals surface area contributed by atoms with E-state index in [4.69, 9.17) is 39.1 Å². The van der Waals surface area contributed by atoms with Crippen LogP contribution in [0.3, 0.4) is 0 Å². The Kier molecular flexibility index (Phi) is 40.5. The van der Waals surface area contributed by atoms with E-state index in [-0.39, 0.29) is 80.3 Å². The number of aromatic hydroxyl groups is 1. The largest absolute Gasteiger partial charge is 0.508 e. The number of allylic oxidation sites excluding steroid dienone is 1. The lowest BCUT2D eigenvalue weighted by Gasteiger charge is -2.35. The molecule has 0 heterocycles. The van der Waals surface area contributed by atoms with Gasteiger partial charge in [0.25, 0.3) is 11.8 Å². The lowest BCUT2D eigenvalue weighted by molar-refractivity contribution is -0.152. The fraction of sp³-hybridized carbons (Fsp3) is 0.662. The van der Waals surface area contributed by atoms with Crippen molar-refractivity contribution in [3.63, 3.8) is 0 Å². The molecule has 38 heteroatoms. The van der Waals surface area contributed by atoms with Gasteiger partial charge < -0.3 is 122 Å². The van der Waals surface area contributed by atoms with Gasteiger partial charge in [-0.3, -0.25) is 67.5 Å². The molecule has 1 rings (SSSR count). The number of carbonyl (C=O) groups excluding carboxylic acids is 12. The average Bonchev–Trinajstić information content (AvgIpc) is 0.816. The lowest BCUT2D eigenvalue weighted by atomic mass is 9.87. The number of guanidine groups is 2. The number of aliphatic hydroxyl groups excluding tert-OH is 4. The number of likely N-dealkylation sites (N-methyl/N-ethyl adjacent to an activating group) is 2. The third-order valence-electron chi connectivity index (χ3n) is 17.9. The van der Waals surface area contributed by atoms with Crippen LogP contribution in [0.25, 0.3) is 0 Å². The number of nitrogens with zero attached hydrogens (tertiary/aromatic N) is 4. The van der Waals surface area contributed by atoms with E-state index >= 15 is 0 Å². The molecular weight excluding hydrogens is 1390 g/mol. The van der Waals surface area contributed by atoms with Crippen LogP contribution < -0.4 is 76.9 Å². The monoisotopic (exact) mass is 1500 g/mol. The Labute approximate surface area is 617 Å². The van der Waals surface area contributed by atoms with E-state index in [1.807, 2.05) is 13.8 Å². The minimum absolute atomic E-state index is 0.0366. The Morgan fingerprint density at radius 1 is 0.557 bits per heavy atom. The SMILES string of the molecule is CC=C(NC(=O)[C@@H](NC(=O)[C@H](O)[C@H](O)[C@H](CCCN=C(N)N)NC(=O)[C@@H](C)NC(=O)[C@H](C)[C@H](O)[C@H](C)CC(C)C)[C@@H](C)[C@@H](C)C(N)=O)C(=O)N[C@@H](C(=O)N[C@H](CCCN=C(N)N)C(=O)N[C@@H](CC(C)C)C(=O)N(C)[C@@H](CCC(N)=O)C(=O)N[C@@H](C(=O)N(C)[C@@H](C)C(=O)O)[C@H](OC)c1ccc(O)cc1)[C@@H](C)O. The van der Waals surface area contributed by atoms with Crippen LogP contribution in [-0.2, 0) is 67.1 Å². The molecule has 0 bridgehead atoms. The standard InChI is InChI=1S/C68H116N18O20/c1-16-42(78-61(99)48(34(7)35(8)55(70)93)82-63(101)53(92)52(91)43(19-17-27-75-67(71)72)79-57(95)37(10)77-56(94)36(9)51(90)33(6)29-31(2)3)58(96)83-49(39(12)87)62(100)80-44(20-18-28-76-68(73)74)59(97)81-45(30-32(4)5)64(102)86(14)46(25-26-47(69)89)60(98)84-50(65(103)85(13)38(11)66(104)105)54(106-15)40-21-23-41(88)24-22-40/h16,21-24,31-39,43-46,48-54,87-88,90-92H,17-20,25-30H2,1-15H3,(H2,69,89)(H2,70,93)(H,77,94)(H,78,99)(H,79,95)(H,80,100)(H,81,97)(H,82,101)(H,83,96)(H,84,98)(H,104,105)(H4,71,72,75)(H4,73,74,76)/t33-,34+,35-,36-,37-,38+,39-,43+,44-,45+,46+,48+,49-,50-,51-,52-,53-,54-/m1/s1. The van der Waals surface area contributed by atoms with E-state index in [9.17, 15) is 93.0 Å². The number of phenols is 1. The van der Waals surface area contributed by atoms with Gasteiger partial charge >= 0.3 is 5.97 Å². The summed E-state index contributed by atoms with van der Waals surface area (Å²) >= 11 is 0. The number of carboxylic acid groups (broad SMARTS) is 1. The second-order valence-corrected chi connectivity index (χ2v) is 27.4. The van der Waals surface area contributed by atoms with Crippen molar-refractivity contribution in [3.8, 4) is 5.75 Å². The van der Waals surface area contributed by atoms with Crippen LogP contribution in [0.2, 0.25) is 0 Å². The zero-order valence-corrected chi connectivity index (χ0v) is 63.2. The maximum atomic E-state index is 14.9. The van der Waals surface area contributed by atoms with E-state index < -0.39 is 204 Å². The number of nitrogens with one attached hydrogen (secondary N) is 8. The number of benzene rings is 1. The first-order chi connectivity index (χ1) is 49.3. The minimum atomic E-state index is -2.47. The van der Waals surface area contributed by atoms with Crippen molar-refractivity contribution >= 4 is 88.8 Å². The fourth-order valence-corrected chi connectivity index (χ4v) is 11.2. The van der Waals surface area contributed by atoms with Gasteiger partial charge in [0.15, 0.2) is 18.0 Å². The third-order valence-corrected chi connectivity index (χ3v) is 17.9. The number of aliphatic carboxylic acids is 1. The molecule has 0 fully saturated rings. The van der Waals surface area contributed by atoms with E-state index in [0.29, 0.717) is 6.42 Å². The number of hydrogen-bond acceptors (Lipinski definition) is 21. The van der Waals surface area contributed by atoms with Gasteiger partial charge in [-0.15, -0.1) is 0 Å². The van der Waals surface area contributed by atoms with Crippen LogP contribution in [0.1, 0.15) is 146 Å². The Bertz CT molecular complexity index is 3240. The molecule has 0 saturated heterocycles. The minimum Gasteiger partial charge on any atom is -0.508 e. The molecule has 26 N–H and O–H groups in total. The molecule has 38 nitrogen and oxygen atoms in total. The summed E-state index contributed by atoms with van der Waals surface area (Å²) in [6, 6.07) is -9.35. The maximum absolute atomic E-state index is 14.9. The molecule has 0 radical (unpaired) electrons. The first-order valence-electron chi connectivity index (χ1n) is 34.8. The summed E-state index contributed by atoms with van der Waals surface area (Å²) < 4.78 is 5.68. The van der Waals surface area contributed by atoms with Gasteiger partial charge in [0.1, 0.15) is 72.0 Å². The zero-order valence-electron chi connectivity index (χ0n) is 63.2. The number of nitrogens with two attached hydrogens (primary N) is 6. The molecule has 0 unspecified atom stereocenters. The van der Waals surface area contributed by atoms with Crippen molar-refractivity contribution in [3.05, 3.63) is 41.6 Å². The van der Waals surface area contributed by atoms with Crippen molar-refractivity contribution < 1.29 is 97.7 Å². The summed E-state index contributed by atoms with van der Waals surface area (Å²) in [5.41, 5.74) is 32.8. The molecule has 106 heavy (non-hydrogen) atoms. The van der Waals surface area contributed by atoms with Crippen molar-refractivity contribution in [1.82, 2.24) is 52.3 Å². The predicted molar refractivity (Wildman–Crippen MR) is 388 cm³/mol. The lowest BCUT2D eigenvalue weighted by Crippen LogP contribution is -2.61. The topological polar surface area (TPSA) is 636 Å². The summed E-state index contributed by atoms with van der Waals surface area (Å²) in [7, 11) is 3.53. The normalized spacial score (nSPS) is 16.6. The van der Waals surface area contributed by atoms with Gasteiger partial charge in [-0.2, -0.15) is 0 Å². The van der Waals surface area contributed by atoms with Crippen molar-refractivity contribution in [2.75, 3.05) is 34.3 Å². The number of amides is 12. The summed E-state index contributed by atoms with van der Waals surface area (Å²) in [5, 5.41) is 84.4. The molecular formula is C68H116N18O20. The molecule has 12 amide bonds. The number of phenolic OH excluding ortho intramolecular Hbond substituents is 1. The number of aliphatic hydroxyl groups is 4. The molecule has 0 aliphatic rings. The average molecular weight is 1510 g/mol. The molecule has 1 aromatic carbocycles. The fourth-order valence-electron chi connectivity index (χ4n) is 11.2. The first-order valence-corrected chi connectivity index (χ1v) is 34.8. The molecule has 0 spiro atoms. The highest BCUT2D eigenvalue weighted by Gasteiger charge is 2.43. The van der Waals surface area contributed by atoms with Crippen LogP contribution in [0.15, 0.2) is 46.0 Å². The van der Waals surface area contributed by atoms with E-state index in [1.54, 1.807) is 20.8 Å². The Morgan fingerprint density at radius 3 is 1.58 bits per heavy atom. The van der Waals surface area contributed by atoms with Gasteiger partial charge in [0.05, 0.1) is 24.2 Å². The molecule has 598 valence electrons. The summed E-state index contributed by atoms with van der Waals surface area (Å²) in [6.07, 6.45) is -8.83. The Balaban J connectivity index is 3.78. The second-order valence-electron chi connectivity index (χ2n) is 27.4. The van der Waals surface area contributed by atoms with Crippen LogP contribution in [0.4, 0.5) is 0 Å². The van der Waals surface area contributed by atoms with Crippen LogP contribution in [0, 0.1) is 35.5 Å². The molecule has 0 aliphatic heterocycles. The van der Waals surface area contributed by atoms with E-state index in [2.05, 4.69) is 52.5 Å². The number of primary amides is 2. The van der Waals surface area contributed by atoms with Crippen molar-refractivity contribution in [2.45, 2.75) is 219 Å². The van der Waals surface area contributed by atoms with Gasteiger partial charge in [0, 0.05) is 46.6 Å². The Morgan fingerprint density at radius 2 is 1.09 bits per heavy atom. The summed E-state index contributed by atoms with van der Waals surface area (Å²) in [4.78, 5) is 189. The van der Waals surface area contributed by atoms with Crippen molar-refractivity contribution in [1.29, 1.82) is 0 Å². The van der Waals surface area contributed by atoms with Crippen molar-refractivity contribution in [2.24, 2.45) is 79.9 Å². The van der Waals surface area contributed by atoms with Crippen LogP contribution >= 0.6 is 0 Å². The molecule has 0 aromatic heterocycles. The van der Waals surface area contributed by atoms with E-state index in [1.165, 1.54) is 80.0 Å². The van der Waals surface area contributed by atoms with Crippen LogP contribution in [-0.4, -0.2) is 242 Å². The molecule has 1 aromatic rings. The number of carboxylic acids is 1. The quantitative estimate of drug-likeness (QED) is 0.0126. The molecule has 0 aliphatic carbocycles. The van der Waals surface area contributed by atoms with Crippen LogP contribution in [0.5, 0.6) is 5.75 Å². The summed E-state index contributed by atoms with van der Waals surface area (Å²) in [5.74, 6) is -18.8. The number of hydrogen-bond donors (Lipinski definition) is 20. The number of rotatable bonds is 47. The molecule has 18 atom stereocenters. The zero-order chi connectivity index (χ0) is 81.5. The number of methoxy groups -OCH3 is 1. The highest BCUT2D eigenvalue weighted by atomic mass is 16.5.